The van der Waals surface area contributed by atoms with Gasteiger partial charge in [-0.2, -0.15) is 0 Å². The van der Waals surface area contributed by atoms with Crippen LogP contribution in [-0.2, 0) is 4.74 Å². The number of aliphatic imine (C=N–C) groups is 1. The molecule has 0 fully saturated rings. The van der Waals surface area contributed by atoms with Crippen LogP contribution in [0.3, 0.4) is 0 Å². The third kappa shape index (κ3) is 2.71. The van der Waals surface area contributed by atoms with Crippen LogP contribution >= 0.6 is 11.6 Å². The number of ether oxygens (including phenoxy) is 1. The van der Waals surface area contributed by atoms with Crippen LogP contribution in [-0.4, -0.2) is 19.0 Å². The van der Waals surface area contributed by atoms with Gasteiger partial charge in [0.2, 0.25) is 5.90 Å². The molecule has 0 saturated heterocycles. The summed E-state index contributed by atoms with van der Waals surface area (Å²) in [6.45, 7) is 1.38. The molecule has 0 aliphatic carbocycles. The topological polar surface area (TPSA) is 33.6 Å². The lowest BCUT2D eigenvalue weighted by atomic mass is 10.1. The van der Waals surface area contributed by atoms with Crippen LogP contribution < -0.4 is 5.32 Å². The number of para-hydroxylation sites is 1. The zero-order chi connectivity index (χ0) is 13.1. The Hall–Kier alpha value is -2.00. The van der Waals surface area contributed by atoms with E-state index in [4.69, 9.17) is 16.3 Å². The molecule has 0 radical (unpaired) electrons. The summed E-state index contributed by atoms with van der Waals surface area (Å²) in [6.07, 6.45) is 0. The van der Waals surface area contributed by atoms with Crippen molar-refractivity contribution in [3.63, 3.8) is 0 Å². The maximum atomic E-state index is 5.88. The number of nitrogens with zero attached hydrogens (tertiary/aromatic N) is 1. The number of hydrogen-bond donors (Lipinski definition) is 1. The van der Waals surface area contributed by atoms with Crippen LogP contribution in [0.5, 0.6) is 0 Å². The van der Waals surface area contributed by atoms with Gasteiger partial charge in [0.25, 0.3) is 0 Å². The van der Waals surface area contributed by atoms with E-state index >= 15 is 0 Å². The van der Waals surface area contributed by atoms with Crippen molar-refractivity contribution in [2.45, 2.75) is 0 Å². The smallest absolute Gasteiger partial charge is 0.218 e. The van der Waals surface area contributed by atoms with Gasteiger partial charge < -0.3 is 10.1 Å². The van der Waals surface area contributed by atoms with Crippen LogP contribution in [0.25, 0.3) is 0 Å². The highest BCUT2D eigenvalue weighted by Gasteiger charge is 2.14. The van der Waals surface area contributed by atoms with Crippen molar-refractivity contribution in [3.05, 3.63) is 59.1 Å². The van der Waals surface area contributed by atoms with E-state index in [1.807, 2.05) is 48.5 Å². The molecule has 0 amide bonds. The maximum Gasteiger partial charge on any atom is 0.218 e. The van der Waals surface area contributed by atoms with Crippen molar-refractivity contribution in [2.75, 3.05) is 18.5 Å². The Morgan fingerprint density at radius 1 is 1.05 bits per heavy atom. The molecule has 0 saturated carbocycles. The quantitative estimate of drug-likeness (QED) is 0.920. The molecule has 0 unspecified atom stereocenters. The standard InChI is InChI=1S/C15H13ClN2O/c16-11-5-7-12(8-6-11)18-14-4-2-1-3-13(14)15-17-9-10-19-15/h1-8,18H,9-10H2. The zero-order valence-corrected chi connectivity index (χ0v) is 11.0. The molecule has 1 aliphatic heterocycles. The normalized spacial score (nSPS) is 13.8. The number of benzene rings is 2. The van der Waals surface area contributed by atoms with Crippen molar-refractivity contribution in [1.82, 2.24) is 0 Å². The minimum atomic E-state index is 0.657. The number of halogens is 1. The summed E-state index contributed by atoms with van der Waals surface area (Å²) in [5, 5.41) is 4.08. The predicted molar refractivity (Wildman–Crippen MR) is 78.5 cm³/mol. The molecule has 0 atom stereocenters. The minimum absolute atomic E-state index is 0.657. The van der Waals surface area contributed by atoms with Crippen LogP contribution in [0.15, 0.2) is 53.5 Å². The lowest BCUT2D eigenvalue weighted by Crippen LogP contribution is -2.05. The van der Waals surface area contributed by atoms with Crippen molar-refractivity contribution in [3.8, 4) is 0 Å². The molecule has 1 aliphatic rings. The first kappa shape index (κ1) is 12.1. The summed E-state index contributed by atoms with van der Waals surface area (Å²) in [5.74, 6) is 0.706. The van der Waals surface area contributed by atoms with E-state index in [0.29, 0.717) is 12.5 Å². The van der Waals surface area contributed by atoms with E-state index in [9.17, 15) is 0 Å². The van der Waals surface area contributed by atoms with Gasteiger partial charge in [-0.25, -0.2) is 4.99 Å². The van der Waals surface area contributed by atoms with Crippen molar-refractivity contribution < 1.29 is 4.74 Å². The number of anilines is 2. The second-order valence-electron chi connectivity index (χ2n) is 4.21. The number of rotatable bonds is 3. The summed E-state index contributed by atoms with van der Waals surface area (Å²) in [4.78, 5) is 4.36. The van der Waals surface area contributed by atoms with E-state index in [2.05, 4.69) is 10.3 Å². The third-order valence-corrected chi connectivity index (χ3v) is 3.12. The molecule has 1 N–H and O–H groups in total. The number of hydrogen-bond acceptors (Lipinski definition) is 3. The van der Waals surface area contributed by atoms with E-state index in [-0.39, 0.29) is 0 Å². The first-order valence-electron chi connectivity index (χ1n) is 6.12. The maximum absolute atomic E-state index is 5.88. The monoisotopic (exact) mass is 272 g/mol. The van der Waals surface area contributed by atoms with Gasteiger partial charge in [0, 0.05) is 10.7 Å². The van der Waals surface area contributed by atoms with Gasteiger partial charge in [-0.05, 0) is 36.4 Å². The van der Waals surface area contributed by atoms with Crippen LogP contribution in [0.1, 0.15) is 5.56 Å². The molecule has 4 heteroatoms. The highest BCUT2D eigenvalue weighted by atomic mass is 35.5. The Balaban J connectivity index is 1.90. The SMILES string of the molecule is Clc1ccc(Nc2ccccc2C2=NCCO2)cc1. The molecular weight excluding hydrogens is 260 g/mol. The zero-order valence-electron chi connectivity index (χ0n) is 10.3. The fourth-order valence-electron chi connectivity index (χ4n) is 1.97. The fraction of sp³-hybridized carbons (Fsp3) is 0.133. The van der Waals surface area contributed by atoms with E-state index in [1.54, 1.807) is 0 Å². The lowest BCUT2D eigenvalue weighted by molar-refractivity contribution is 0.348. The molecule has 3 rings (SSSR count). The van der Waals surface area contributed by atoms with Crippen LogP contribution in [0.2, 0.25) is 5.02 Å². The van der Waals surface area contributed by atoms with E-state index in [0.717, 1.165) is 28.5 Å². The van der Waals surface area contributed by atoms with Crippen molar-refractivity contribution in [2.24, 2.45) is 4.99 Å². The van der Waals surface area contributed by atoms with Crippen molar-refractivity contribution >= 4 is 28.9 Å². The lowest BCUT2D eigenvalue weighted by Gasteiger charge is -2.11. The molecule has 3 nitrogen and oxygen atoms in total. The first-order valence-corrected chi connectivity index (χ1v) is 6.50. The molecule has 1 heterocycles. The first-order chi connectivity index (χ1) is 9.33. The second-order valence-corrected chi connectivity index (χ2v) is 4.65. The van der Waals surface area contributed by atoms with Crippen LogP contribution in [0.4, 0.5) is 11.4 Å². The Morgan fingerprint density at radius 3 is 2.58 bits per heavy atom. The van der Waals surface area contributed by atoms with Gasteiger partial charge in [0.1, 0.15) is 6.61 Å². The Morgan fingerprint density at radius 2 is 1.84 bits per heavy atom. The Bertz CT molecular complexity index is 608. The van der Waals surface area contributed by atoms with Gasteiger partial charge >= 0.3 is 0 Å². The van der Waals surface area contributed by atoms with Gasteiger partial charge in [0.15, 0.2) is 0 Å². The van der Waals surface area contributed by atoms with E-state index in [1.165, 1.54) is 0 Å². The van der Waals surface area contributed by atoms with E-state index < -0.39 is 0 Å². The molecule has 0 spiro atoms. The van der Waals surface area contributed by atoms with Gasteiger partial charge in [0.05, 0.1) is 17.8 Å². The molecule has 2 aromatic carbocycles. The molecule has 0 bridgehead atoms. The largest absolute Gasteiger partial charge is 0.475 e. The summed E-state index contributed by atoms with van der Waals surface area (Å²) < 4.78 is 5.53. The summed E-state index contributed by atoms with van der Waals surface area (Å²) in [5.41, 5.74) is 2.94. The highest BCUT2D eigenvalue weighted by molar-refractivity contribution is 6.30. The predicted octanol–water partition coefficient (Wildman–Crippen LogP) is 3.86. The molecule has 19 heavy (non-hydrogen) atoms. The molecule has 0 aromatic heterocycles. The molecular formula is C15H13ClN2O. The van der Waals surface area contributed by atoms with Gasteiger partial charge in [-0.3, -0.25) is 0 Å². The molecule has 96 valence electrons. The Labute approximate surface area is 116 Å². The van der Waals surface area contributed by atoms with Crippen LogP contribution in [0, 0.1) is 0 Å². The average Bonchev–Trinajstić information content (AvgIpc) is 2.96. The minimum Gasteiger partial charge on any atom is -0.475 e. The highest BCUT2D eigenvalue weighted by Crippen LogP contribution is 2.24. The van der Waals surface area contributed by atoms with Gasteiger partial charge in [-0.15, -0.1) is 0 Å². The fourth-order valence-corrected chi connectivity index (χ4v) is 2.09. The number of nitrogens with one attached hydrogen (secondary N) is 1. The average molecular weight is 273 g/mol. The summed E-state index contributed by atoms with van der Waals surface area (Å²) in [6, 6.07) is 15.6. The summed E-state index contributed by atoms with van der Waals surface area (Å²) in [7, 11) is 0. The summed E-state index contributed by atoms with van der Waals surface area (Å²) >= 11 is 5.88. The second kappa shape index (κ2) is 5.33. The molecule has 2 aromatic rings. The van der Waals surface area contributed by atoms with Gasteiger partial charge in [-0.1, -0.05) is 23.7 Å². The van der Waals surface area contributed by atoms with Crippen molar-refractivity contribution in [1.29, 1.82) is 0 Å². The third-order valence-electron chi connectivity index (χ3n) is 2.87. The Kier molecular flexibility index (Phi) is 3.38.